The smallest absolute Gasteiger partial charge is 0.0946 e. The Bertz CT molecular complexity index is 526. The summed E-state index contributed by atoms with van der Waals surface area (Å²) in [4.78, 5) is 4.20. The van der Waals surface area contributed by atoms with Crippen LogP contribution in [0.2, 0.25) is 0 Å². The molecule has 2 aromatic rings. The first kappa shape index (κ1) is 13.8. The van der Waals surface area contributed by atoms with Crippen LogP contribution in [0.3, 0.4) is 0 Å². The van der Waals surface area contributed by atoms with Crippen molar-refractivity contribution >= 4 is 0 Å². The van der Waals surface area contributed by atoms with Gasteiger partial charge >= 0.3 is 0 Å². The predicted octanol–water partition coefficient (Wildman–Crippen LogP) is 1.70. The molecular formula is C14H23N5. The van der Waals surface area contributed by atoms with Crippen LogP contribution < -0.4 is 5.32 Å². The fraction of sp³-hybridized carbons (Fsp3) is 0.571. The van der Waals surface area contributed by atoms with Gasteiger partial charge in [-0.3, -0.25) is 4.68 Å². The third kappa shape index (κ3) is 2.87. The van der Waals surface area contributed by atoms with E-state index in [1.54, 1.807) is 0 Å². The van der Waals surface area contributed by atoms with Crippen molar-refractivity contribution in [2.75, 3.05) is 7.05 Å². The third-order valence-electron chi connectivity index (χ3n) is 3.55. The van der Waals surface area contributed by atoms with Gasteiger partial charge in [0.15, 0.2) is 0 Å². The molecule has 0 aromatic carbocycles. The van der Waals surface area contributed by atoms with Crippen molar-refractivity contribution in [2.24, 2.45) is 7.05 Å². The molecular weight excluding hydrogens is 238 g/mol. The van der Waals surface area contributed by atoms with Crippen molar-refractivity contribution in [1.82, 2.24) is 24.6 Å². The number of nitrogens with zero attached hydrogens (tertiary/aromatic N) is 4. The summed E-state index contributed by atoms with van der Waals surface area (Å²) < 4.78 is 4.16. The fourth-order valence-corrected chi connectivity index (χ4v) is 2.39. The number of aromatic nitrogens is 4. The van der Waals surface area contributed by atoms with Gasteiger partial charge in [-0.1, -0.05) is 6.92 Å². The van der Waals surface area contributed by atoms with Crippen molar-refractivity contribution < 1.29 is 0 Å². The number of aryl methyl sites for hydroxylation is 3. The Morgan fingerprint density at radius 2 is 2.16 bits per heavy atom. The summed E-state index contributed by atoms with van der Waals surface area (Å²) in [6.07, 6.45) is 5.68. The number of hydrogen-bond acceptors (Lipinski definition) is 3. The highest BCUT2D eigenvalue weighted by atomic mass is 15.3. The minimum absolute atomic E-state index is 0.263. The van der Waals surface area contributed by atoms with Crippen LogP contribution in [-0.4, -0.2) is 26.4 Å². The van der Waals surface area contributed by atoms with E-state index >= 15 is 0 Å². The maximum Gasteiger partial charge on any atom is 0.0946 e. The molecule has 1 atom stereocenters. The van der Waals surface area contributed by atoms with E-state index in [9.17, 15) is 0 Å². The zero-order chi connectivity index (χ0) is 13.8. The van der Waals surface area contributed by atoms with Gasteiger partial charge in [-0.05, 0) is 26.5 Å². The van der Waals surface area contributed by atoms with Gasteiger partial charge < -0.3 is 9.88 Å². The Labute approximate surface area is 114 Å². The van der Waals surface area contributed by atoms with E-state index in [1.807, 2.05) is 26.6 Å². The molecule has 1 N–H and O–H groups in total. The average molecular weight is 261 g/mol. The molecule has 0 aliphatic carbocycles. The lowest BCUT2D eigenvalue weighted by Gasteiger charge is -2.17. The van der Waals surface area contributed by atoms with E-state index in [0.29, 0.717) is 0 Å². The quantitative estimate of drug-likeness (QED) is 0.861. The molecule has 5 nitrogen and oxygen atoms in total. The number of likely N-dealkylation sites (N-methyl/N-ethyl adjacent to an activating group) is 1. The van der Waals surface area contributed by atoms with Crippen LogP contribution >= 0.6 is 0 Å². The standard InChI is InChI=1S/C14H23N5/c1-5-11-7-12(19(6-2)17-11)8-13(15-3)14-9-16-10-18(14)4/h7,9-10,13,15H,5-6,8H2,1-4H3. The van der Waals surface area contributed by atoms with E-state index in [2.05, 4.69) is 44.6 Å². The number of hydrogen-bond donors (Lipinski definition) is 1. The number of imidazole rings is 1. The van der Waals surface area contributed by atoms with Crippen molar-refractivity contribution in [3.63, 3.8) is 0 Å². The molecule has 0 saturated heterocycles. The molecule has 2 heterocycles. The van der Waals surface area contributed by atoms with Crippen molar-refractivity contribution in [3.05, 3.63) is 35.7 Å². The van der Waals surface area contributed by atoms with Crippen LogP contribution in [0, 0.1) is 0 Å². The maximum absolute atomic E-state index is 4.60. The second-order valence-electron chi connectivity index (χ2n) is 4.77. The Kier molecular flexibility index (Phi) is 4.37. The molecule has 0 bridgehead atoms. The van der Waals surface area contributed by atoms with E-state index < -0.39 is 0 Å². The molecule has 19 heavy (non-hydrogen) atoms. The van der Waals surface area contributed by atoms with Crippen molar-refractivity contribution in [1.29, 1.82) is 0 Å². The van der Waals surface area contributed by atoms with Crippen LogP contribution in [0.25, 0.3) is 0 Å². The highest BCUT2D eigenvalue weighted by Crippen LogP contribution is 2.18. The first-order valence-corrected chi connectivity index (χ1v) is 6.88. The van der Waals surface area contributed by atoms with Gasteiger partial charge in [-0.2, -0.15) is 5.10 Å². The summed E-state index contributed by atoms with van der Waals surface area (Å²) >= 11 is 0. The van der Waals surface area contributed by atoms with Crippen LogP contribution in [0.15, 0.2) is 18.6 Å². The van der Waals surface area contributed by atoms with E-state index in [0.717, 1.165) is 25.1 Å². The minimum Gasteiger partial charge on any atom is -0.336 e. The molecule has 5 heteroatoms. The molecule has 0 aliphatic heterocycles. The van der Waals surface area contributed by atoms with Gasteiger partial charge in [0, 0.05) is 31.9 Å². The molecule has 0 spiro atoms. The lowest BCUT2D eigenvalue weighted by atomic mass is 10.1. The highest BCUT2D eigenvalue weighted by Gasteiger charge is 2.16. The van der Waals surface area contributed by atoms with Gasteiger partial charge in [0.2, 0.25) is 0 Å². The van der Waals surface area contributed by atoms with Gasteiger partial charge in [0.25, 0.3) is 0 Å². The normalized spacial score (nSPS) is 12.8. The summed E-state index contributed by atoms with van der Waals surface area (Å²) in [6.45, 7) is 5.19. The van der Waals surface area contributed by atoms with Gasteiger partial charge in [-0.15, -0.1) is 0 Å². The van der Waals surface area contributed by atoms with Gasteiger partial charge in [0.1, 0.15) is 0 Å². The molecule has 2 rings (SSSR count). The summed E-state index contributed by atoms with van der Waals surface area (Å²) in [7, 11) is 4.02. The molecule has 104 valence electrons. The summed E-state index contributed by atoms with van der Waals surface area (Å²) in [5, 5.41) is 7.98. The van der Waals surface area contributed by atoms with E-state index in [-0.39, 0.29) is 6.04 Å². The molecule has 1 unspecified atom stereocenters. The molecule has 0 radical (unpaired) electrons. The molecule has 0 fully saturated rings. The monoisotopic (exact) mass is 261 g/mol. The van der Waals surface area contributed by atoms with Crippen LogP contribution in [0.1, 0.15) is 37.0 Å². The van der Waals surface area contributed by atoms with Crippen LogP contribution in [0.4, 0.5) is 0 Å². The van der Waals surface area contributed by atoms with Gasteiger partial charge in [-0.25, -0.2) is 4.98 Å². The first-order chi connectivity index (χ1) is 9.19. The Morgan fingerprint density at radius 1 is 1.37 bits per heavy atom. The topological polar surface area (TPSA) is 47.7 Å². The third-order valence-corrected chi connectivity index (χ3v) is 3.55. The lowest BCUT2D eigenvalue weighted by molar-refractivity contribution is 0.519. The SMILES string of the molecule is CCc1cc(CC(NC)c2cncn2C)n(CC)n1. The molecule has 2 aromatic heterocycles. The summed E-state index contributed by atoms with van der Waals surface area (Å²) in [5.41, 5.74) is 3.64. The second kappa shape index (κ2) is 6.02. The Morgan fingerprint density at radius 3 is 2.68 bits per heavy atom. The fourth-order valence-electron chi connectivity index (χ4n) is 2.39. The van der Waals surface area contributed by atoms with Crippen molar-refractivity contribution in [3.8, 4) is 0 Å². The van der Waals surface area contributed by atoms with E-state index in [4.69, 9.17) is 0 Å². The molecule has 0 amide bonds. The molecule has 0 aliphatic rings. The first-order valence-electron chi connectivity index (χ1n) is 6.88. The van der Waals surface area contributed by atoms with Crippen molar-refractivity contribution in [2.45, 2.75) is 39.3 Å². The largest absolute Gasteiger partial charge is 0.336 e. The van der Waals surface area contributed by atoms with Crippen LogP contribution in [-0.2, 0) is 26.4 Å². The average Bonchev–Trinajstić information content (AvgIpc) is 3.01. The Hall–Kier alpha value is -1.62. The minimum atomic E-state index is 0.263. The lowest BCUT2D eigenvalue weighted by Crippen LogP contribution is -2.22. The van der Waals surface area contributed by atoms with Crippen LogP contribution in [0.5, 0.6) is 0 Å². The zero-order valence-corrected chi connectivity index (χ0v) is 12.2. The highest BCUT2D eigenvalue weighted by molar-refractivity contribution is 5.15. The second-order valence-corrected chi connectivity index (χ2v) is 4.77. The summed E-state index contributed by atoms with van der Waals surface area (Å²) in [6, 6.07) is 2.48. The van der Waals surface area contributed by atoms with Gasteiger partial charge in [0.05, 0.1) is 23.8 Å². The number of nitrogens with one attached hydrogen (secondary N) is 1. The van der Waals surface area contributed by atoms with E-state index in [1.165, 1.54) is 11.4 Å². The predicted molar refractivity (Wildman–Crippen MR) is 76.0 cm³/mol. The Balaban J connectivity index is 2.23. The molecule has 0 saturated carbocycles. The zero-order valence-electron chi connectivity index (χ0n) is 12.2. The maximum atomic E-state index is 4.60. The summed E-state index contributed by atoms with van der Waals surface area (Å²) in [5.74, 6) is 0. The number of rotatable bonds is 6.